The molecule has 0 fully saturated rings. The van der Waals surface area contributed by atoms with Crippen molar-refractivity contribution in [2.24, 2.45) is 5.73 Å². The van der Waals surface area contributed by atoms with Crippen molar-refractivity contribution in [3.05, 3.63) is 41.2 Å². The Morgan fingerprint density at radius 3 is 2.74 bits per heavy atom. The minimum absolute atomic E-state index is 0.283. The van der Waals surface area contributed by atoms with Gasteiger partial charge in [-0.2, -0.15) is 0 Å². The molecule has 3 heteroatoms. The van der Waals surface area contributed by atoms with Gasteiger partial charge < -0.3 is 10.5 Å². The summed E-state index contributed by atoms with van der Waals surface area (Å²) in [5.74, 6) is 0.245. The largest absolute Gasteiger partial charge is 0.497 e. The highest BCUT2D eigenvalue weighted by atomic mass is 19.1. The van der Waals surface area contributed by atoms with Gasteiger partial charge in [0.25, 0.3) is 0 Å². The summed E-state index contributed by atoms with van der Waals surface area (Å²) in [7, 11) is 1.53. The molecular weight excluding hydrogens is 241 g/mol. The minimum atomic E-state index is -0.330. The summed E-state index contributed by atoms with van der Waals surface area (Å²) >= 11 is 0. The van der Waals surface area contributed by atoms with Crippen LogP contribution in [-0.4, -0.2) is 7.11 Å². The number of ether oxygens (including phenoxy) is 1. The van der Waals surface area contributed by atoms with Crippen molar-refractivity contribution >= 4 is 0 Å². The number of hydrogen-bond donors (Lipinski definition) is 1. The molecule has 0 aliphatic heterocycles. The third kappa shape index (κ3) is 3.57. The van der Waals surface area contributed by atoms with Gasteiger partial charge in [-0.1, -0.05) is 30.6 Å². The Hall–Kier alpha value is -1.35. The molecule has 0 saturated heterocycles. The number of rotatable bonds is 3. The number of nitrogens with two attached hydrogens (primary N) is 1. The number of allylic oxidation sites excluding steroid dienone is 1. The van der Waals surface area contributed by atoms with Crippen LogP contribution in [0.5, 0.6) is 5.75 Å². The Labute approximate surface area is 114 Å². The molecule has 0 aromatic heterocycles. The minimum Gasteiger partial charge on any atom is -0.497 e. The second kappa shape index (κ2) is 6.71. The van der Waals surface area contributed by atoms with E-state index in [9.17, 15) is 4.39 Å². The van der Waals surface area contributed by atoms with Crippen LogP contribution in [0.3, 0.4) is 0 Å². The van der Waals surface area contributed by atoms with Crippen molar-refractivity contribution in [3.63, 3.8) is 0 Å². The maximum Gasteiger partial charge on any atom is 0.131 e. The van der Waals surface area contributed by atoms with E-state index in [1.54, 1.807) is 12.1 Å². The maximum absolute atomic E-state index is 14.0. The molecule has 2 nitrogen and oxygen atoms in total. The van der Waals surface area contributed by atoms with Crippen LogP contribution >= 0.6 is 0 Å². The van der Waals surface area contributed by atoms with E-state index in [4.69, 9.17) is 10.5 Å². The van der Waals surface area contributed by atoms with E-state index < -0.39 is 0 Å². The smallest absolute Gasteiger partial charge is 0.131 e. The zero-order valence-electron chi connectivity index (χ0n) is 11.5. The Morgan fingerprint density at radius 2 is 2.00 bits per heavy atom. The summed E-state index contributed by atoms with van der Waals surface area (Å²) in [5.41, 5.74) is 7.97. The molecule has 1 aromatic rings. The molecule has 0 amide bonds. The highest BCUT2D eigenvalue weighted by Crippen LogP contribution is 2.29. The lowest BCUT2D eigenvalue weighted by molar-refractivity contribution is 0.410. The first-order chi connectivity index (χ1) is 9.22. The van der Waals surface area contributed by atoms with Gasteiger partial charge in [0.1, 0.15) is 11.6 Å². The molecule has 0 bridgehead atoms. The first kappa shape index (κ1) is 14.1. The Balaban J connectivity index is 2.19. The molecule has 0 saturated carbocycles. The molecule has 1 atom stereocenters. The third-order valence-corrected chi connectivity index (χ3v) is 3.77. The van der Waals surface area contributed by atoms with Gasteiger partial charge in [0.15, 0.2) is 0 Å². The van der Waals surface area contributed by atoms with Crippen molar-refractivity contribution in [3.8, 4) is 5.75 Å². The predicted octanol–water partition coefficient (Wildman–Crippen LogP) is 4.11. The molecule has 1 aromatic carbocycles. The SMILES string of the molecule is COc1ccc(C(N)/C2=C/CCCCCC2)c(F)c1. The van der Waals surface area contributed by atoms with E-state index in [0.717, 1.165) is 19.3 Å². The first-order valence-electron chi connectivity index (χ1n) is 7.00. The van der Waals surface area contributed by atoms with Gasteiger partial charge in [0.2, 0.25) is 0 Å². The summed E-state index contributed by atoms with van der Waals surface area (Å²) in [6.45, 7) is 0. The Kier molecular flexibility index (Phi) is 4.97. The molecule has 2 rings (SSSR count). The average Bonchev–Trinajstić information content (AvgIpc) is 2.37. The molecule has 1 aliphatic carbocycles. The summed E-state index contributed by atoms with van der Waals surface area (Å²) in [6, 6.07) is 4.57. The lowest BCUT2D eigenvalue weighted by Gasteiger charge is -2.19. The fourth-order valence-corrected chi connectivity index (χ4v) is 2.59. The van der Waals surface area contributed by atoms with Crippen LogP contribution in [0.25, 0.3) is 0 Å². The van der Waals surface area contributed by atoms with E-state index in [-0.39, 0.29) is 11.9 Å². The van der Waals surface area contributed by atoms with Crippen LogP contribution in [0.1, 0.15) is 50.1 Å². The zero-order chi connectivity index (χ0) is 13.7. The second-order valence-electron chi connectivity index (χ2n) is 5.10. The standard InChI is InChI=1S/C16H22FNO/c1-19-13-9-10-14(15(17)11-13)16(18)12-7-5-3-2-4-6-8-12/h7,9-11,16H,2-6,8,18H2,1H3/b12-7+. The van der Waals surface area contributed by atoms with Gasteiger partial charge in [0, 0.05) is 11.6 Å². The fourth-order valence-electron chi connectivity index (χ4n) is 2.59. The van der Waals surface area contributed by atoms with Gasteiger partial charge in [-0.25, -0.2) is 4.39 Å². The van der Waals surface area contributed by atoms with E-state index in [0.29, 0.717) is 11.3 Å². The number of methoxy groups -OCH3 is 1. The van der Waals surface area contributed by atoms with Crippen molar-refractivity contribution in [2.45, 2.75) is 44.6 Å². The molecule has 0 heterocycles. The highest BCUT2D eigenvalue weighted by Gasteiger charge is 2.17. The zero-order valence-corrected chi connectivity index (χ0v) is 11.5. The lowest BCUT2D eigenvalue weighted by Crippen LogP contribution is -2.15. The van der Waals surface area contributed by atoms with E-state index >= 15 is 0 Å². The molecule has 19 heavy (non-hydrogen) atoms. The van der Waals surface area contributed by atoms with E-state index in [2.05, 4.69) is 6.08 Å². The molecule has 2 N–H and O–H groups in total. The fraction of sp³-hybridized carbons (Fsp3) is 0.500. The van der Waals surface area contributed by atoms with Gasteiger partial charge in [-0.05, 0) is 31.7 Å². The first-order valence-corrected chi connectivity index (χ1v) is 7.00. The van der Waals surface area contributed by atoms with Gasteiger partial charge >= 0.3 is 0 Å². The molecular formula is C16H22FNO. The van der Waals surface area contributed by atoms with Gasteiger partial charge in [-0.15, -0.1) is 0 Å². The number of benzene rings is 1. The molecule has 104 valence electrons. The van der Waals surface area contributed by atoms with Crippen molar-refractivity contribution in [2.75, 3.05) is 7.11 Å². The second-order valence-corrected chi connectivity index (χ2v) is 5.10. The number of hydrogen-bond acceptors (Lipinski definition) is 2. The van der Waals surface area contributed by atoms with Crippen LogP contribution in [-0.2, 0) is 0 Å². The summed E-state index contributed by atoms with van der Waals surface area (Å²) < 4.78 is 19.1. The normalized spacial score (nSPS) is 20.9. The van der Waals surface area contributed by atoms with Crippen LogP contribution in [0, 0.1) is 5.82 Å². The average molecular weight is 263 g/mol. The summed E-state index contributed by atoms with van der Waals surface area (Å²) in [6.07, 6.45) is 9.13. The molecule has 1 unspecified atom stereocenters. The summed E-state index contributed by atoms with van der Waals surface area (Å²) in [5, 5.41) is 0. The van der Waals surface area contributed by atoms with E-state index in [1.807, 2.05) is 0 Å². The summed E-state index contributed by atoms with van der Waals surface area (Å²) in [4.78, 5) is 0. The van der Waals surface area contributed by atoms with Crippen LogP contribution in [0.15, 0.2) is 29.8 Å². The molecule has 0 spiro atoms. The van der Waals surface area contributed by atoms with Crippen LogP contribution in [0.4, 0.5) is 4.39 Å². The maximum atomic E-state index is 14.0. The van der Waals surface area contributed by atoms with Crippen LogP contribution < -0.4 is 10.5 Å². The van der Waals surface area contributed by atoms with Gasteiger partial charge in [-0.3, -0.25) is 0 Å². The third-order valence-electron chi connectivity index (χ3n) is 3.77. The van der Waals surface area contributed by atoms with Crippen molar-refractivity contribution < 1.29 is 9.13 Å². The van der Waals surface area contributed by atoms with Gasteiger partial charge in [0.05, 0.1) is 13.2 Å². The van der Waals surface area contributed by atoms with Crippen LogP contribution in [0.2, 0.25) is 0 Å². The Bertz CT molecular complexity index is 456. The quantitative estimate of drug-likeness (QED) is 0.833. The molecule has 0 radical (unpaired) electrons. The Morgan fingerprint density at radius 1 is 1.21 bits per heavy atom. The lowest BCUT2D eigenvalue weighted by atomic mass is 9.91. The number of halogens is 1. The van der Waals surface area contributed by atoms with E-state index in [1.165, 1.54) is 38.0 Å². The molecule has 1 aliphatic rings. The predicted molar refractivity (Wildman–Crippen MR) is 75.7 cm³/mol. The monoisotopic (exact) mass is 263 g/mol. The van der Waals surface area contributed by atoms with Crippen molar-refractivity contribution in [1.29, 1.82) is 0 Å². The topological polar surface area (TPSA) is 35.2 Å². The highest BCUT2D eigenvalue weighted by molar-refractivity contribution is 5.34. The van der Waals surface area contributed by atoms with Crippen molar-refractivity contribution in [1.82, 2.24) is 0 Å².